The summed E-state index contributed by atoms with van der Waals surface area (Å²) in [5.41, 5.74) is 0.658. The lowest BCUT2D eigenvalue weighted by atomic mass is 9.98. The van der Waals surface area contributed by atoms with Gasteiger partial charge in [-0.2, -0.15) is 0 Å². The summed E-state index contributed by atoms with van der Waals surface area (Å²) in [6.45, 7) is 3.43. The first-order valence-electron chi connectivity index (χ1n) is 5.42. The smallest absolute Gasteiger partial charge is 0.307 e. The van der Waals surface area contributed by atoms with E-state index in [4.69, 9.17) is 11.6 Å². The van der Waals surface area contributed by atoms with E-state index in [0.29, 0.717) is 16.3 Å². The highest BCUT2D eigenvalue weighted by molar-refractivity contribution is 6.30. The van der Waals surface area contributed by atoms with Crippen molar-refractivity contribution in [2.75, 3.05) is 5.32 Å². The molecule has 1 aliphatic rings. The number of fused-ring (bicyclic) bond motifs is 1. The maximum atomic E-state index is 13.0. The zero-order chi connectivity index (χ0) is 14.2. The van der Waals surface area contributed by atoms with Gasteiger partial charge in [0.1, 0.15) is 0 Å². The van der Waals surface area contributed by atoms with Crippen molar-refractivity contribution in [1.82, 2.24) is 4.90 Å². The summed E-state index contributed by atoms with van der Waals surface area (Å²) in [7, 11) is 0. The van der Waals surface area contributed by atoms with Crippen molar-refractivity contribution in [1.29, 1.82) is 0 Å². The fourth-order valence-electron chi connectivity index (χ4n) is 2.06. The molecular formula is C12H10ClF3N2O. The Balaban J connectivity index is 2.54. The molecular weight excluding hydrogens is 281 g/mol. The zero-order valence-electron chi connectivity index (χ0n) is 9.67. The predicted molar refractivity (Wildman–Crippen MR) is 65.9 cm³/mol. The Morgan fingerprint density at radius 2 is 2.16 bits per heavy atom. The van der Waals surface area contributed by atoms with Crippen molar-refractivity contribution < 1.29 is 18.0 Å². The van der Waals surface area contributed by atoms with Gasteiger partial charge in [0.25, 0.3) is 0 Å². The fraction of sp³-hybridized carbons (Fsp3) is 0.250. The summed E-state index contributed by atoms with van der Waals surface area (Å²) >= 11 is 5.80. The van der Waals surface area contributed by atoms with E-state index in [-0.39, 0.29) is 11.3 Å². The van der Waals surface area contributed by atoms with Crippen molar-refractivity contribution in [3.05, 3.63) is 41.4 Å². The second-order valence-electron chi connectivity index (χ2n) is 4.04. The average Bonchev–Trinajstić information content (AvgIpc) is 2.28. The van der Waals surface area contributed by atoms with E-state index in [2.05, 4.69) is 11.9 Å². The lowest BCUT2D eigenvalue weighted by molar-refractivity contribution is -0.235. The minimum Gasteiger partial charge on any atom is -0.307 e. The Morgan fingerprint density at radius 3 is 2.74 bits per heavy atom. The molecule has 1 aromatic rings. The van der Waals surface area contributed by atoms with E-state index >= 15 is 0 Å². The molecule has 2 rings (SSSR count). The Kier molecular flexibility index (Phi) is 3.45. The van der Waals surface area contributed by atoms with Gasteiger partial charge in [-0.1, -0.05) is 17.7 Å². The summed E-state index contributed by atoms with van der Waals surface area (Å²) in [5.74, 6) is 0. The van der Waals surface area contributed by atoms with Crippen LogP contribution in [0.1, 0.15) is 18.0 Å². The normalized spacial score (nSPS) is 18.8. The molecule has 0 radical (unpaired) electrons. The van der Waals surface area contributed by atoms with Crippen LogP contribution in [-0.2, 0) is 0 Å². The molecule has 0 bridgehead atoms. The Labute approximate surface area is 112 Å². The van der Waals surface area contributed by atoms with E-state index in [1.54, 1.807) is 0 Å². The van der Waals surface area contributed by atoms with E-state index in [1.807, 2.05) is 0 Å². The van der Waals surface area contributed by atoms with Gasteiger partial charge in [0.05, 0.1) is 6.04 Å². The van der Waals surface area contributed by atoms with Crippen LogP contribution < -0.4 is 5.32 Å². The second-order valence-corrected chi connectivity index (χ2v) is 4.48. The predicted octanol–water partition coefficient (Wildman–Crippen LogP) is 4.32. The zero-order valence-corrected chi connectivity index (χ0v) is 10.4. The number of nitrogens with one attached hydrogen (secondary N) is 1. The van der Waals surface area contributed by atoms with Gasteiger partial charge in [0.2, 0.25) is 0 Å². The first-order chi connectivity index (χ1) is 8.84. The molecule has 2 amide bonds. The molecule has 1 N–H and O–H groups in total. The van der Waals surface area contributed by atoms with Crippen molar-refractivity contribution in [3.8, 4) is 0 Å². The third-order valence-corrected chi connectivity index (χ3v) is 3.04. The van der Waals surface area contributed by atoms with E-state index in [9.17, 15) is 18.0 Å². The molecule has 1 heterocycles. The van der Waals surface area contributed by atoms with Gasteiger partial charge in [-0.3, -0.25) is 0 Å². The van der Waals surface area contributed by atoms with Crippen LogP contribution >= 0.6 is 11.6 Å². The molecule has 0 aliphatic carbocycles. The maximum Gasteiger partial charge on any atom is 0.489 e. The first kappa shape index (κ1) is 13.7. The standard InChI is InChI=1S/C12H10ClF3N2O/c1-2-3-10-8-6-7(13)4-5-9(8)17-11(19)18(10)12(14,15)16/h2,4-6,10H,1,3H2,(H,17,19). The largest absolute Gasteiger partial charge is 0.489 e. The van der Waals surface area contributed by atoms with E-state index in [0.717, 1.165) is 0 Å². The number of carbonyl (C=O) groups excluding carboxylic acids is 1. The Hall–Kier alpha value is -1.69. The van der Waals surface area contributed by atoms with Gasteiger partial charge in [-0.25, -0.2) is 9.69 Å². The highest BCUT2D eigenvalue weighted by Crippen LogP contribution is 2.42. The summed E-state index contributed by atoms with van der Waals surface area (Å²) < 4.78 is 38.9. The summed E-state index contributed by atoms with van der Waals surface area (Å²) in [6.07, 6.45) is -3.44. The number of hydrogen-bond acceptors (Lipinski definition) is 1. The monoisotopic (exact) mass is 290 g/mol. The SMILES string of the molecule is C=CCC1c2cc(Cl)ccc2NC(=O)N1C(F)(F)F. The number of alkyl halides is 3. The molecule has 1 atom stereocenters. The molecule has 0 aromatic heterocycles. The van der Waals surface area contributed by atoms with Crippen LogP contribution in [0, 0.1) is 0 Å². The molecule has 0 spiro atoms. The molecule has 1 aromatic carbocycles. The minimum absolute atomic E-state index is 0.0136. The fourth-order valence-corrected chi connectivity index (χ4v) is 2.24. The van der Waals surface area contributed by atoms with Crippen LogP contribution in [0.4, 0.5) is 23.7 Å². The molecule has 1 aliphatic heterocycles. The maximum absolute atomic E-state index is 13.0. The number of hydrogen-bond donors (Lipinski definition) is 1. The van der Waals surface area contributed by atoms with Crippen molar-refractivity contribution >= 4 is 23.3 Å². The summed E-state index contributed by atoms with van der Waals surface area (Å²) in [5, 5.41) is 2.52. The van der Waals surface area contributed by atoms with Crippen LogP contribution in [0.25, 0.3) is 0 Å². The quantitative estimate of drug-likeness (QED) is 0.638. The number of halogens is 4. The third kappa shape index (κ3) is 2.53. The molecule has 0 saturated heterocycles. The topological polar surface area (TPSA) is 32.3 Å². The molecule has 3 nitrogen and oxygen atoms in total. The van der Waals surface area contributed by atoms with Crippen LogP contribution in [0.2, 0.25) is 5.02 Å². The van der Waals surface area contributed by atoms with Gasteiger partial charge in [0.15, 0.2) is 0 Å². The number of carbonyl (C=O) groups is 1. The van der Waals surface area contributed by atoms with Gasteiger partial charge >= 0.3 is 12.3 Å². The Bertz CT molecular complexity index is 530. The first-order valence-corrected chi connectivity index (χ1v) is 5.79. The van der Waals surface area contributed by atoms with Gasteiger partial charge in [-0.05, 0) is 24.6 Å². The molecule has 7 heteroatoms. The summed E-state index contributed by atoms with van der Waals surface area (Å²) in [6, 6.07) is 2.06. The van der Waals surface area contributed by atoms with Crippen LogP contribution in [0.5, 0.6) is 0 Å². The minimum atomic E-state index is -4.77. The molecule has 19 heavy (non-hydrogen) atoms. The number of anilines is 1. The average molecular weight is 291 g/mol. The number of benzene rings is 1. The second kappa shape index (κ2) is 4.77. The number of amides is 2. The lowest BCUT2D eigenvalue weighted by Crippen LogP contribution is -2.50. The van der Waals surface area contributed by atoms with Crippen molar-refractivity contribution in [2.24, 2.45) is 0 Å². The van der Waals surface area contributed by atoms with E-state index in [1.165, 1.54) is 24.3 Å². The van der Waals surface area contributed by atoms with Crippen LogP contribution in [0.3, 0.4) is 0 Å². The lowest BCUT2D eigenvalue weighted by Gasteiger charge is -2.37. The van der Waals surface area contributed by atoms with Crippen LogP contribution in [-0.4, -0.2) is 17.2 Å². The number of nitrogens with zero attached hydrogens (tertiary/aromatic N) is 1. The number of rotatable bonds is 2. The van der Waals surface area contributed by atoms with Crippen molar-refractivity contribution in [2.45, 2.75) is 18.8 Å². The van der Waals surface area contributed by atoms with Crippen molar-refractivity contribution in [3.63, 3.8) is 0 Å². The van der Waals surface area contributed by atoms with Gasteiger partial charge in [0, 0.05) is 16.3 Å². The number of urea groups is 1. The molecule has 1 unspecified atom stereocenters. The van der Waals surface area contributed by atoms with Gasteiger partial charge in [-0.15, -0.1) is 19.8 Å². The van der Waals surface area contributed by atoms with E-state index < -0.39 is 18.4 Å². The van der Waals surface area contributed by atoms with Crippen LogP contribution in [0.15, 0.2) is 30.9 Å². The summed E-state index contributed by atoms with van der Waals surface area (Å²) in [4.78, 5) is 11.5. The highest BCUT2D eigenvalue weighted by atomic mass is 35.5. The van der Waals surface area contributed by atoms with Gasteiger partial charge < -0.3 is 5.32 Å². The third-order valence-electron chi connectivity index (χ3n) is 2.81. The molecule has 0 saturated carbocycles. The molecule has 0 fully saturated rings. The highest BCUT2D eigenvalue weighted by Gasteiger charge is 2.48. The molecule has 102 valence electrons. The Morgan fingerprint density at radius 1 is 1.47 bits per heavy atom.